The standard InChI is InChI=1S/C41H24N4/c1-2-12-26(13-3-1)39-42-23-35-37(44-39)38-36(41(35)33-19-8-6-15-30(33)31-16-7-9-20-34(31)41)24-43-40(45-38)32-18-10-17-28-27-14-5-4-11-25(27)21-22-29(28)32/h1-24H. The molecule has 208 valence electrons. The number of benzene rings is 6. The zero-order valence-corrected chi connectivity index (χ0v) is 24.1. The number of hydrogen-bond acceptors (Lipinski definition) is 4. The first-order valence-corrected chi connectivity index (χ1v) is 15.2. The van der Waals surface area contributed by atoms with E-state index in [1.807, 2.05) is 30.6 Å². The minimum Gasteiger partial charge on any atom is -0.236 e. The van der Waals surface area contributed by atoms with Crippen molar-refractivity contribution in [2.24, 2.45) is 0 Å². The second kappa shape index (κ2) is 9.01. The molecule has 10 rings (SSSR count). The lowest BCUT2D eigenvalue weighted by atomic mass is 9.72. The highest BCUT2D eigenvalue weighted by molar-refractivity contribution is 6.11. The van der Waals surface area contributed by atoms with Crippen LogP contribution in [-0.2, 0) is 5.41 Å². The smallest absolute Gasteiger partial charge is 0.160 e. The maximum atomic E-state index is 5.39. The van der Waals surface area contributed by atoms with Crippen molar-refractivity contribution in [1.82, 2.24) is 19.9 Å². The van der Waals surface area contributed by atoms with Gasteiger partial charge >= 0.3 is 0 Å². The number of fused-ring (bicyclic) bond motifs is 13. The molecule has 0 aliphatic heterocycles. The molecule has 2 aliphatic carbocycles. The van der Waals surface area contributed by atoms with Crippen LogP contribution in [0.4, 0.5) is 0 Å². The van der Waals surface area contributed by atoms with Gasteiger partial charge in [0.1, 0.15) is 0 Å². The van der Waals surface area contributed by atoms with Gasteiger partial charge in [-0.1, -0.05) is 133 Å². The lowest BCUT2D eigenvalue weighted by Gasteiger charge is -2.29. The van der Waals surface area contributed by atoms with Crippen LogP contribution in [0.15, 0.2) is 146 Å². The lowest BCUT2D eigenvalue weighted by molar-refractivity contribution is 0.778. The summed E-state index contributed by atoms with van der Waals surface area (Å²) in [6.07, 6.45) is 4.06. The van der Waals surface area contributed by atoms with Crippen LogP contribution in [0.2, 0.25) is 0 Å². The van der Waals surface area contributed by atoms with Gasteiger partial charge in [-0.3, -0.25) is 0 Å². The molecule has 8 aromatic rings. The van der Waals surface area contributed by atoms with Crippen molar-refractivity contribution in [2.75, 3.05) is 0 Å². The van der Waals surface area contributed by atoms with Gasteiger partial charge in [0, 0.05) is 34.6 Å². The number of nitrogens with zero attached hydrogens (tertiary/aromatic N) is 4. The van der Waals surface area contributed by atoms with Crippen LogP contribution in [0.1, 0.15) is 22.3 Å². The monoisotopic (exact) mass is 572 g/mol. The second-order valence-electron chi connectivity index (χ2n) is 11.8. The van der Waals surface area contributed by atoms with Gasteiger partial charge in [-0.2, -0.15) is 0 Å². The summed E-state index contributed by atoms with van der Waals surface area (Å²) >= 11 is 0. The highest BCUT2D eigenvalue weighted by atomic mass is 15.0. The van der Waals surface area contributed by atoms with Crippen LogP contribution in [-0.4, -0.2) is 19.9 Å². The molecule has 0 N–H and O–H groups in total. The third-order valence-electron chi connectivity index (χ3n) is 9.62. The van der Waals surface area contributed by atoms with Crippen LogP contribution in [0.5, 0.6) is 0 Å². The quantitative estimate of drug-likeness (QED) is 0.194. The molecule has 2 aliphatic rings. The van der Waals surface area contributed by atoms with Crippen molar-refractivity contribution >= 4 is 21.5 Å². The van der Waals surface area contributed by atoms with E-state index < -0.39 is 5.41 Å². The molecular weight excluding hydrogens is 548 g/mol. The molecule has 0 unspecified atom stereocenters. The van der Waals surface area contributed by atoms with E-state index >= 15 is 0 Å². The van der Waals surface area contributed by atoms with E-state index in [-0.39, 0.29) is 0 Å². The Hall–Kier alpha value is -6.00. The van der Waals surface area contributed by atoms with Crippen LogP contribution < -0.4 is 0 Å². The molecule has 45 heavy (non-hydrogen) atoms. The SMILES string of the molecule is c1ccc(-c2ncc3c(n2)-c2nc(-c4cccc5c4ccc4ccccc45)ncc2C32c3ccccc3-c3ccccc32)cc1. The topological polar surface area (TPSA) is 51.6 Å². The van der Waals surface area contributed by atoms with Crippen molar-refractivity contribution < 1.29 is 0 Å². The maximum absolute atomic E-state index is 5.39. The Morgan fingerprint density at radius 3 is 1.71 bits per heavy atom. The van der Waals surface area contributed by atoms with Gasteiger partial charge in [-0.05, 0) is 43.8 Å². The van der Waals surface area contributed by atoms with Crippen LogP contribution in [0.25, 0.3) is 66.8 Å². The van der Waals surface area contributed by atoms with Crippen molar-refractivity contribution in [3.05, 3.63) is 168 Å². The second-order valence-corrected chi connectivity index (χ2v) is 11.8. The van der Waals surface area contributed by atoms with Gasteiger partial charge in [0.05, 0.1) is 16.8 Å². The molecule has 0 radical (unpaired) electrons. The van der Waals surface area contributed by atoms with Crippen molar-refractivity contribution in [1.29, 1.82) is 0 Å². The van der Waals surface area contributed by atoms with Crippen LogP contribution >= 0.6 is 0 Å². The molecule has 1 spiro atoms. The van der Waals surface area contributed by atoms with Crippen LogP contribution in [0, 0.1) is 0 Å². The van der Waals surface area contributed by atoms with Gasteiger partial charge in [0.2, 0.25) is 0 Å². The Balaban J connectivity index is 1.28. The predicted octanol–water partition coefficient (Wildman–Crippen LogP) is 9.25. The summed E-state index contributed by atoms with van der Waals surface area (Å²) in [5, 5.41) is 4.77. The van der Waals surface area contributed by atoms with E-state index in [0.717, 1.165) is 39.0 Å². The van der Waals surface area contributed by atoms with E-state index in [2.05, 4.69) is 115 Å². The highest BCUT2D eigenvalue weighted by Crippen LogP contribution is 2.61. The Bertz CT molecular complexity index is 2450. The maximum Gasteiger partial charge on any atom is 0.160 e. The summed E-state index contributed by atoms with van der Waals surface area (Å²) in [7, 11) is 0. The van der Waals surface area contributed by atoms with E-state index in [9.17, 15) is 0 Å². The zero-order chi connectivity index (χ0) is 29.5. The highest BCUT2D eigenvalue weighted by Gasteiger charge is 2.53. The third kappa shape index (κ3) is 3.20. The Kier molecular flexibility index (Phi) is 4.89. The molecule has 0 atom stereocenters. The zero-order valence-electron chi connectivity index (χ0n) is 24.1. The van der Waals surface area contributed by atoms with Crippen LogP contribution in [0.3, 0.4) is 0 Å². The molecule has 0 bridgehead atoms. The Morgan fingerprint density at radius 2 is 0.956 bits per heavy atom. The average Bonchev–Trinajstić information content (AvgIpc) is 3.58. The molecule has 4 nitrogen and oxygen atoms in total. The molecule has 2 heterocycles. The summed E-state index contributed by atoms with van der Waals surface area (Å²) in [6.45, 7) is 0. The summed E-state index contributed by atoms with van der Waals surface area (Å²) in [4.78, 5) is 20.7. The minimum absolute atomic E-state index is 0.597. The molecule has 6 aromatic carbocycles. The number of aromatic nitrogens is 4. The molecule has 0 fully saturated rings. The summed E-state index contributed by atoms with van der Waals surface area (Å²) in [5.41, 5.74) is 10.1. The van der Waals surface area contributed by atoms with Crippen molar-refractivity contribution in [3.63, 3.8) is 0 Å². The molecular formula is C41H24N4. The van der Waals surface area contributed by atoms with Crippen molar-refractivity contribution in [3.8, 4) is 45.3 Å². The molecule has 0 saturated carbocycles. The first kappa shape index (κ1) is 24.4. The molecule has 2 aromatic heterocycles. The first-order chi connectivity index (χ1) is 22.3. The average molecular weight is 573 g/mol. The fourth-order valence-electron chi connectivity index (χ4n) is 7.73. The fourth-order valence-corrected chi connectivity index (χ4v) is 7.73. The van der Waals surface area contributed by atoms with Gasteiger partial charge in [0.15, 0.2) is 11.6 Å². The minimum atomic E-state index is -0.597. The molecule has 4 heteroatoms. The van der Waals surface area contributed by atoms with Gasteiger partial charge in [0.25, 0.3) is 0 Å². The lowest BCUT2D eigenvalue weighted by Crippen LogP contribution is -2.26. The van der Waals surface area contributed by atoms with E-state index in [4.69, 9.17) is 19.9 Å². The Morgan fingerprint density at radius 1 is 0.378 bits per heavy atom. The summed E-state index contributed by atoms with van der Waals surface area (Å²) in [6, 6.07) is 46.9. The number of rotatable bonds is 2. The Labute approximate surface area is 259 Å². The van der Waals surface area contributed by atoms with Gasteiger partial charge in [-0.25, -0.2) is 19.9 Å². The van der Waals surface area contributed by atoms with Gasteiger partial charge < -0.3 is 0 Å². The molecule has 0 saturated heterocycles. The normalized spacial score (nSPS) is 13.5. The van der Waals surface area contributed by atoms with Gasteiger partial charge in [-0.15, -0.1) is 0 Å². The fraction of sp³-hybridized carbons (Fsp3) is 0.0244. The largest absolute Gasteiger partial charge is 0.236 e. The first-order valence-electron chi connectivity index (χ1n) is 15.2. The van der Waals surface area contributed by atoms with Crippen molar-refractivity contribution in [2.45, 2.75) is 5.41 Å². The van der Waals surface area contributed by atoms with E-state index in [1.54, 1.807) is 0 Å². The summed E-state index contributed by atoms with van der Waals surface area (Å²) in [5.74, 6) is 1.38. The number of hydrogen-bond donors (Lipinski definition) is 0. The summed E-state index contributed by atoms with van der Waals surface area (Å²) < 4.78 is 0. The molecule has 0 amide bonds. The third-order valence-corrected chi connectivity index (χ3v) is 9.62. The van der Waals surface area contributed by atoms with E-state index in [0.29, 0.717) is 11.6 Å². The van der Waals surface area contributed by atoms with E-state index in [1.165, 1.54) is 38.4 Å². The predicted molar refractivity (Wildman–Crippen MR) is 180 cm³/mol.